The highest BCUT2D eigenvalue weighted by atomic mass is 19.1. The van der Waals surface area contributed by atoms with E-state index in [0.29, 0.717) is 5.56 Å². The fourth-order valence-corrected chi connectivity index (χ4v) is 2.07. The van der Waals surface area contributed by atoms with Gasteiger partial charge in [-0.2, -0.15) is 0 Å². The zero-order valence-corrected chi connectivity index (χ0v) is 12.2. The molecule has 2 aromatic carbocycles. The molecule has 2 aromatic rings. The van der Waals surface area contributed by atoms with Crippen LogP contribution in [0.4, 0.5) is 8.78 Å². The van der Waals surface area contributed by atoms with Crippen molar-refractivity contribution in [3.05, 3.63) is 64.2 Å². The Morgan fingerprint density at radius 1 is 1.00 bits per heavy atom. The Hall–Kier alpha value is -2.23. The van der Waals surface area contributed by atoms with Crippen LogP contribution in [-0.4, -0.2) is 12.4 Å². The summed E-state index contributed by atoms with van der Waals surface area (Å²) < 4.78 is 31.5. The zero-order valence-electron chi connectivity index (χ0n) is 12.2. The third-order valence-corrected chi connectivity index (χ3v) is 3.39. The molecule has 0 spiro atoms. The molecular formula is C17H16F2O2. The van der Waals surface area contributed by atoms with E-state index in [0.717, 1.165) is 34.9 Å². The third-order valence-electron chi connectivity index (χ3n) is 3.39. The normalized spacial score (nSPS) is 10.5. The number of ketones is 1. The van der Waals surface area contributed by atoms with Crippen LogP contribution in [0.15, 0.2) is 30.3 Å². The number of carbonyl (C=O) groups excluding carboxylic acids is 1. The molecular weight excluding hydrogens is 274 g/mol. The van der Waals surface area contributed by atoms with Crippen molar-refractivity contribution in [1.29, 1.82) is 0 Å². The van der Waals surface area contributed by atoms with Crippen molar-refractivity contribution >= 4 is 5.78 Å². The molecule has 0 aliphatic rings. The second-order valence-corrected chi connectivity index (χ2v) is 5.04. The molecule has 0 amide bonds. The largest absolute Gasteiger partial charge is 0.482 e. The second-order valence-electron chi connectivity index (χ2n) is 5.04. The van der Waals surface area contributed by atoms with Gasteiger partial charge in [-0.15, -0.1) is 0 Å². The minimum Gasteiger partial charge on any atom is -0.482 e. The van der Waals surface area contributed by atoms with Crippen LogP contribution >= 0.6 is 0 Å². The second kappa shape index (κ2) is 6.04. The summed E-state index contributed by atoms with van der Waals surface area (Å²) in [7, 11) is 0. The number of Topliss-reactive ketones (excluding diaryl/α,β-unsaturated/α-hetero) is 1. The Labute approximate surface area is 122 Å². The zero-order chi connectivity index (χ0) is 15.6. The molecule has 0 fully saturated rings. The standard InChI is InChI=1S/C17H16F2O2/c1-10-6-12(3)14(7-11(10)2)16(20)9-21-17-8-13(18)4-5-15(17)19/h4-8H,9H2,1-3H3. The number of aryl methyl sites for hydroxylation is 3. The van der Waals surface area contributed by atoms with Gasteiger partial charge >= 0.3 is 0 Å². The number of benzene rings is 2. The molecule has 110 valence electrons. The van der Waals surface area contributed by atoms with Crippen LogP contribution < -0.4 is 4.74 Å². The van der Waals surface area contributed by atoms with E-state index in [2.05, 4.69) is 0 Å². The quantitative estimate of drug-likeness (QED) is 0.791. The molecule has 0 atom stereocenters. The van der Waals surface area contributed by atoms with Crippen molar-refractivity contribution in [2.24, 2.45) is 0 Å². The number of hydrogen-bond donors (Lipinski definition) is 0. The smallest absolute Gasteiger partial charge is 0.200 e. The van der Waals surface area contributed by atoms with E-state index in [4.69, 9.17) is 4.74 Å². The predicted molar refractivity (Wildman–Crippen MR) is 76.8 cm³/mol. The molecule has 0 radical (unpaired) electrons. The van der Waals surface area contributed by atoms with Gasteiger partial charge in [-0.05, 0) is 55.7 Å². The van der Waals surface area contributed by atoms with Gasteiger partial charge in [0.1, 0.15) is 5.82 Å². The average Bonchev–Trinajstić information content (AvgIpc) is 2.43. The Balaban J connectivity index is 2.15. The van der Waals surface area contributed by atoms with Crippen LogP contribution in [-0.2, 0) is 0 Å². The lowest BCUT2D eigenvalue weighted by molar-refractivity contribution is 0.0917. The van der Waals surface area contributed by atoms with E-state index < -0.39 is 11.6 Å². The van der Waals surface area contributed by atoms with Gasteiger partial charge in [-0.3, -0.25) is 4.79 Å². The molecule has 0 aromatic heterocycles. The van der Waals surface area contributed by atoms with E-state index in [9.17, 15) is 13.6 Å². The van der Waals surface area contributed by atoms with Crippen LogP contribution in [0, 0.1) is 32.4 Å². The van der Waals surface area contributed by atoms with Crippen LogP contribution in [0.5, 0.6) is 5.75 Å². The van der Waals surface area contributed by atoms with Gasteiger partial charge in [-0.1, -0.05) is 6.07 Å². The lowest BCUT2D eigenvalue weighted by atomic mass is 9.98. The van der Waals surface area contributed by atoms with Crippen molar-refractivity contribution in [1.82, 2.24) is 0 Å². The van der Waals surface area contributed by atoms with Gasteiger partial charge in [0.05, 0.1) is 0 Å². The molecule has 0 N–H and O–H groups in total. The average molecular weight is 290 g/mol. The van der Waals surface area contributed by atoms with E-state index >= 15 is 0 Å². The van der Waals surface area contributed by atoms with Crippen molar-refractivity contribution in [3.8, 4) is 5.75 Å². The number of ether oxygens (including phenoxy) is 1. The molecule has 21 heavy (non-hydrogen) atoms. The van der Waals surface area contributed by atoms with Crippen molar-refractivity contribution < 1.29 is 18.3 Å². The highest BCUT2D eigenvalue weighted by Gasteiger charge is 2.13. The minimum atomic E-state index is -0.694. The third kappa shape index (κ3) is 3.45. The maximum atomic E-state index is 13.4. The first-order chi connectivity index (χ1) is 9.88. The first-order valence-corrected chi connectivity index (χ1v) is 6.57. The van der Waals surface area contributed by atoms with Crippen molar-refractivity contribution in [2.75, 3.05) is 6.61 Å². The molecule has 0 saturated heterocycles. The Kier molecular flexibility index (Phi) is 4.36. The first kappa shape index (κ1) is 15.2. The monoisotopic (exact) mass is 290 g/mol. The SMILES string of the molecule is Cc1cc(C)c(C(=O)COc2cc(F)ccc2F)cc1C. The molecule has 0 unspecified atom stereocenters. The van der Waals surface area contributed by atoms with Crippen LogP contribution in [0.3, 0.4) is 0 Å². The maximum absolute atomic E-state index is 13.4. The summed E-state index contributed by atoms with van der Waals surface area (Å²) in [6.45, 7) is 5.39. The molecule has 0 aliphatic heterocycles. The lowest BCUT2D eigenvalue weighted by Crippen LogP contribution is -2.14. The lowest BCUT2D eigenvalue weighted by Gasteiger charge is -2.10. The summed E-state index contributed by atoms with van der Waals surface area (Å²) >= 11 is 0. The summed E-state index contributed by atoms with van der Waals surface area (Å²) in [6, 6.07) is 6.60. The maximum Gasteiger partial charge on any atom is 0.200 e. The van der Waals surface area contributed by atoms with Crippen molar-refractivity contribution in [3.63, 3.8) is 0 Å². The highest BCUT2D eigenvalue weighted by Crippen LogP contribution is 2.20. The number of carbonyl (C=O) groups is 1. The fourth-order valence-electron chi connectivity index (χ4n) is 2.07. The minimum absolute atomic E-state index is 0.259. The molecule has 2 rings (SSSR count). The Bertz CT molecular complexity index is 693. The van der Waals surface area contributed by atoms with Gasteiger partial charge in [0.15, 0.2) is 24.0 Å². The summed E-state index contributed by atoms with van der Waals surface area (Å²) in [5.41, 5.74) is 3.48. The number of hydrogen-bond acceptors (Lipinski definition) is 2. The van der Waals surface area contributed by atoms with Crippen LogP contribution in [0.1, 0.15) is 27.0 Å². The molecule has 0 saturated carbocycles. The van der Waals surface area contributed by atoms with Crippen LogP contribution in [0.25, 0.3) is 0 Å². The molecule has 0 heterocycles. The molecule has 0 bridgehead atoms. The van der Waals surface area contributed by atoms with Gasteiger partial charge in [0, 0.05) is 11.6 Å². The molecule has 2 nitrogen and oxygen atoms in total. The van der Waals surface area contributed by atoms with Crippen molar-refractivity contribution in [2.45, 2.75) is 20.8 Å². The number of halogens is 2. The first-order valence-electron chi connectivity index (χ1n) is 6.57. The highest BCUT2D eigenvalue weighted by molar-refractivity contribution is 5.98. The van der Waals surface area contributed by atoms with Crippen LogP contribution in [0.2, 0.25) is 0 Å². The molecule has 0 aliphatic carbocycles. The summed E-state index contributed by atoms with van der Waals surface area (Å²) in [6.07, 6.45) is 0. The van der Waals surface area contributed by atoms with E-state index in [1.165, 1.54) is 0 Å². The Morgan fingerprint density at radius 3 is 2.38 bits per heavy atom. The number of rotatable bonds is 4. The van der Waals surface area contributed by atoms with E-state index in [1.807, 2.05) is 26.8 Å². The predicted octanol–water partition coefficient (Wildman–Crippen LogP) is 4.15. The van der Waals surface area contributed by atoms with E-state index in [1.54, 1.807) is 6.07 Å². The van der Waals surface area contributed by atoms with Gasteiger partial charge in [-0.25, -0.2) is 8.78 Å². The fraction of sp³-hybridized carbons (Fsp3) is 0.235. The topological polar surface area (TPSA) is 26.3 Å². The van der Waals surface area contributed by atoms with E-state index in [-0.39, 0.29) is 18.1 Å². The molecule has 4 heteroatoms. The van der Waals surface area contributed by atoms with Gasteiger partial charge in [0.25, 0.3) is 0 Å². The summed E-state index contributed by atoms with van der Waals surface area (Å²) in [4.78, 5) is 12.2. The van der Waals surface area contributed by atoms with Gasteiger partial charge < -0.3 is 4.74 Å². The Morgan fingerprint density at radius 2 is 1.67 bits per heavy atom. The van der Waals surface area contributed by atoms with Gasteiger partial charge in [0.2, 0.25) is 0 Å². The summed E-state index contributed by atoms with van der Waals surface area (Å²) in [5, 5.41) is 0. The summed E-state index contributed by atoms with van der Waals surface area (Å²) in [5.74, 6) is -1.83.